The average Bonchev–Trinajstić information content (AvgIpc) is 2.47. The second kappa shape index (κ2) is 4.47. The summed E-state index contributed by atoms with van der Waals surface area (Å²) in [6.07, 6.45) is 0. The van der Waals surface area contributed by atoms with Crippen molar-refractivity contribution in [3.05, 3.63) is 60.2 Å². The van der Waals surface area contributed by atoms with Gasteiger partial charge in [0, 0.05) is 11.3 Å². The van der Waals surface area contributed by atoms with Gasteiger partial charge in [0.25, 0.3) is 11.6 Å². The van der Waals surface area contributed by atoms with Gasteiger partial charge >= 0.3 is 0 Å². The molecule has 1 unspecified atom stereocenters. The van der Waals surface area contributed by atoms with Crippen LogP contribution < -0.4 is 10.6 Å². The van der Waals surface area contributed by atoms with Gasteiger partial charge in [-0.2, -0.15) is 0 Å². The van der Waals surface area contributed by atoms with Crippen molar-refractivity contribution >= 4 is 23.1 Å². The van der Waals surface area contributed by atoms with E-state index in [1.165, 1.54) is 0 Å². The number of benzene rings is 2. The highest BCUT2D eigenvalue weighted by molar-refractivity contribution is 6.27. The number of fused-ring (bicyclic) bond motifs is 1. The topological polar surface area (TPSA) is 78.4 Å². The number of ketones is 1. The third kappa shape index (κ3) is 1.85. The van der Waals surface area contributed by atoms with Crippen LogP contribution in [0.3, 0.4) is 0 Å². The SMILES string of the molecule is O=C1Nc2ccccc2C(=O)C1(O)Nc1ccccc1. The van der Waals surface area contributed by atoms with Gasteiger partial charge in [-0.05, 0) is 24.3 Å². The minimum absolute atomic E-state index is 0.276. The van der Waals surface area contributed by atoms with E-state index in [-0.39, 0.29) is 5.56 Å². The Morgan fingerprint density at radius 2 is 1.60 bits per heavy atom. The minimum Gasteiger partial charge on any atom is -0.357 e. The molecule has 0 aliphatic carbocycles. The molecule has 0 radical (unpaired) electrons. The molecule has 3 rings (SSSR count). The first-order chi connectivity index (χ1) is 9.61. The second-order valence-corrected chi connectivity index (χ2v) is 4.53. The fourth-order valence-electron chi connectivity index (χ4n) is 2.14. The highest BCUT2D eigenvalue weighted by Crippen LogP contribution is 2.28. The minimum atomic E-state index is -2.30. The summed E-state index contributed by atoms with van der Waals surface area (Å²) in [4.78, 5) is 24.4. The van der Waals surface area contributed by atoms with Crippen LogP contribution in [0.15, 0.2) is 54.6 Å². The van der Waals surface area contributed by atoms with Gasteiger partial charge in [0.1, 0.15) is 0 Å². The molecule has 1 amide bonds. The van der Waals surface area contributed by atoms with Gasteiger partial charge < -0.3 is 15.7 Å². The molecule has 1 aliphatic heterocycles. The molecule has 0 saturated carbocycles. The van der Waals surface area contributed by atoms with Crippen molar-refractivity contribution in [1.29, 1.82) is 0 Å². The highest BCUT2D eigenvalue weighted by atomic mass is 16.3. The molecule has 2 aromatic rings. The van der Waals surface area contributed by atoms with Crippen LogP contribution in [-0.2, 0) is 4.79 Å². The molecule has 5 heteroatoms. The molecule has 100 valence electrons. The molecule has 3 N–H and O–H groups in total. The number of nitrogens with one attached hydrogen (secondary N) is 2. The Balaban J connectivity index is 2.01. The van der Waals surface area contributed by atoms with Crippen LogP contribution >= 0.6 is 0 Å². The second-order valence-electron chi connectivity index (χ2n) is 4.53. The summed E-state index contributed by atoms with van der Waals surface area (Å²) in [5.74, 6) is -1.45. The number of amides is 1. The predicted molar refractivity (Wildman–Crippen MR) is 74.4 cm³/mol. The molecule has 0 saturated heterocycles. The molecular weight excluding hydrogens is 256 g/mol. The molecule has 1 aliphatic rings. The van der Waals surface area contributed by atoms with Crippen molar-refractivity contribution in [2.24, 2.45) is 0 Å². The lowest BCUT2D eigenvalue weighted by molar-refractivity contribution is -0.128. The van der Waals surface area contributed by atoms with Crippen molar-refractivity contribution in [3.8, 4) is 0 Å². The van der Waals surface area contributed by atoms with E-state index < -0.39 is 17.4 Å². The monoisotopic (exact) mass is 268 g/mol. The summed E-state index contributed by atoms with van der Waals surface area (Å²) < 4.78 is 0. The van der Waals surface area contributed by atoms with Crippen LogP contribution in [0, 0.1) is 0 Å². The molecule has 0 fully saturated rings. The lowest BCUT2D eigenvalue weighted by atomic mass is 9.94. The van der Waals surface area contributed by atoms with Gasteiger partial charge in [-0.25, -0.2) is 0 Å². The van der Waals surface area contributed by atoms with E-state index >= 15 is 0 Å². The molecule has 1 heterocycles. The van der Waals surface area contributed by atoms with Crippen molar-refractivity contribution < 1.29 is 14.7 Å². The van der Waals surface area contributed by atoms with E-state index in [1.807, 2.05) is 0 Å². The van der Waals surface area contributed by atoms with E-state index in [0.29, 0.717) is 11.4 Å². The fraction of sp³-hybridized carbons (Fsp3) is 0.0667. The summed E-state index contributed by atoms with van der Waals surface area (Å²) in [6.45, 7) is 0. The molecule has 20 heavy (non-hydrogen) atoms. The van der Waals surface area contributed by atoms with E-state index in [4.69, 9.17) is 0 Å². The number of aliphatic hydroxyl groups is 1. The van der Waals surface area contributed by atoms with Crippen LogP contribution in [0.2, 0.25) is 0 Å². The van der Waals surface area contributed by atoms with Crippen LogP contribution in [0.4, 0.5) is 11.4 Å². The molecule has 0 bridgehead atoms. The third-order valence-electron chi connectivity index (χ3n) is 3.18. The first kappa shape index (κ1) is 12.4. The Morgan fingerprint density at radius 1 is 0.950 bits per heavy atom. The molecule has 2 aromatic carbocycles. The van der Waals surface area contributed by atoms with E-state index in [1.54, 1.807) is 54.6 Å². The Morgan fingerprint density at radius 3 is 2.35 bits per heavy atom. The Labute approximate surface area is 115 Å². The van der Waals surface area contributed by atoms with E-state index in [0.717, 1.165) is 0 Å². The fourth-order valence-corrected chi connectivity index (χ4v) is 2.14. The van der Waals surface area contributed by atoms with Gasteiger partial charge in [0.15, 0.2) is 0 Å². The molecule has 5 nitrogen and oxygen atoms in total. The van der Waals surface area contributed by atoms with Gasteiger partial charge in [-0.3, -0.25) is 9.59 Å². The maximum Gasteiger partial charge on any atom is 0.286 e. The van der Waals surface area contributed by atoms with Crippen molar-refractivity contribution in [3.63, 3.8) is 0 Å². The summed E-state index contributed by atoms with van der Waals surface area (Å²) in [5, 5.41) is 15.6. The quantitative estimate of drug-likeness (QED) is 0.571. The number of Topliss-reactive ketones (excluding diaryl/α,β-unsaturated/α-hetero) is 1. The normalized spacial score (nSPS) is 21.1. The molecular formula is C15H12N2O3. The summed E-state index contributed by atoms with van der Waals surface area (Å²) in [6, 6.07) is 15.2. The largest absolute Gasteiger partial charge is 0.357 e. The van der Waals surface area contributed by atoms with Gasteiger partial charge in [0.05, 0.1) is 5.69 Å². The van der Waals surface area contributed by atoms with Gasteiger partial charge in [0.2, 0.25) is 5.78 Å². The van der Waals surface area contributed by atoms with Crippen LogP contribution in [0.25, 0.3) is 0 Å². The zero-order valence-electron chi connectivity index (χ0n) is 10.5. The first-order valence-corrected chi connectivity index (χ1v) is 6.12. The van der Waals surface area contributed by atoms with Gasteiger partial charge in [-0.1, -0.05) is 30.3 Å². The van der Waals surface area contributed by atoms with Crippen LogP contribution in [0.1, 0.15) is 10.4 Å². The zero-order valence-corrected chi connectivity index (χ0v) is 10.5. The first-order valence-electron chi connectivity index (χ1n) is 6.12. The van der Waals surface area contributed by atoms with Gasteiger partial charge in [-0.15, -0.1) is 0 Å². The van der Waals surface area contributed by atoms with Crippen molar-refractivity contribution in [2.75, 3.05) is 10.6 Å². The summed E-state index contributed by atoms with van der Waals surface area (Å²) in [7, 11) is 0. The predicted octanol–water partition coefficient (Wildman–Crippen LogP) is 1.62. The number of hydrogen-bond acceptors (Lipinski definition) is 4. The Kier molecular flexibility index (Phi) is 2.76. The summed E-state index contributed by atoms with van der Waals surface area (Å²) in [5.41, 5.74) is -1.13. The third-order valence-corrected chi connectivity index (χ3v) is 3.18. The van der Waals surface area contributed by atoms with Crippen LogP contribution in [-0.4, -0.2) is 22.5 Å². The number of carbonyl (C=O) groups is 2. The number of anilines is 2. The Hall–Kier alpha value is -2.66. The highest BCUT2D eigenvalue weighted by Gasteiger charge is 2.48. The Bertz CT molecular complexity index is 685. The maximum absolute atomic E-state index is 12.4. The zero-order chi connectivity index (χ0) is 14.2. The van der Waals surface area contributed by atoms with E-state index in [9.17, 15) is 14.7 Å². The molecule has 0 spiro atoms. The number of rotatable bonds is 2. The lowest BCUT2D eigenvalue weighted by Gasteiger charge is -2.32. The smallest absolute Gasteiger partial charge is 0.286 e. The summed E-state index contributed by atoms with van der Waals surface area (Å²) >= 11 is 0. The lowest BCUT2D eigenvalue weighted by Crippen LogP contribution is -2.58. The standard InChI is InChI=1S/C15H12N2O3/c18-13-11-8-4-5-9-12(11)16-14(19)15(13,20)17-10-6-2-1-3-7-10/h1-9,17,20H,(H,16,19). The molecule has 0 aromatic heterocycles. The van der Waals surface area contributed by atoms with Crippen molar-refractivity contribution in [1.82, 2.24) is 0 Å². The number of para-hydroxylation sites is 2. The maximum atomic E-state index is 12.4. The van der Waals surface area contributed by atoms with E-state index in [2.05, 4.69) is 10.6 Å². The van der Waals surface area contributed by atoms with Crippen LogP contribution in [0.5, 0.6) is 0 Å². The number of hydrogen-bond donors (Lipinski definition) is 3. The molecule has 1 atom stereocenters. The van der Waals surface area contributed by atoms with Crippen molar-refractivity contribution in [2.45, 2.75) is 5.72 Å². The average molecular weight is 268 g/mol. The number of carbonyl (C=O) groups excluding carboxylic acids is 2.